The van der Waals surface area contributed by atoms with Gasteiger partial charge in [-0.15, -0.1) is 0 Å². The van der Waals surface area contributed by atoms with Gasteiger partial charge >= 0.3 is 0 Å². The molecule has 0 aliphatic heterocycles. The predicted molar refractivity (Wildman–Crippen MR) is 53.0 cm³/mol. The first kappa shape index (κ1) is 10.5. The molecule has 0 aliphatic rings. The summed E-state index contributed by atoms with van der Waals surface area (Å²) < 4.78 is 0. The summed E-state index contributed by atoms with van der Waals surface area (Å²) in [4.78, 5) is 10.7. The van der Waals surface area contributed by atoms with Crippen molar-refractivity contribution in [1.82, 2.24) is 0 Å². The van der Waals surface area contributed by atoms with E-state index >= 15 is 0 Å². The van der Waals surface area contributed by atoms with Crippen molar-refractivity contribution < 1.29 is 15.0 Å². The molecule has 1 aromatic rings. The number of carbonyl (C=O) groups is 1. The lowest BCUT2D eigenvalue weighted by Crippen LogP contribution is -2.06. The minimum atomic E-state index is -0.632. The molecule has 4 heteroatoms. The molecule has 4 nitrogen and oxygen atoms in total. The van der Waals surface area contributed by atoms with Crippen molar-refractivity contribution in [2.24, 2.45) is 0 Å². The second-order valence-corrected chi connectivity index (χ2v) is 3.13. The average Bonchev–Trinajstić information content (AvgIpc) is 2.07. The highest BCUT2D eigenvalue weighted by Crippen LogP contribution is 2.26. The summed E-state index contributed by atoms with van der Waals surface area (Å²) in [5, 5.41) is 21.2. The van der Waals surface area contributed by atoms with Gasteiger partial charge in [-0.3, -0.25) is 4.79 Å². The van der Waals surface area contributed by atoms with Crippen LogP contribution in [0.2, 0.25) is 0 Å². The van der Waals surface area contributed by atoms with Crippen LogP contribution in [0, 0.1) is 0 Å². The minimum absolute atomic E-state index is 0.0430. The SMILES string of the molecule is CC(=O)Nc1ccc(C(C)O)cc1O. The molecule has 0 fully saturated rings. The van der Waals surface area contributed by atoms with Crippen LogP contribution in [0.5, 0.6) is 5.75 Å². The summed E-state index contributed by atoms with van der Waals surface area (Å²) >= 11 is 0. The van der Waals surface area contributed by atoms with E-state index in [4.69, 9.17) is 0 Å². The van der Waals surface area contributed by atoms with Crippen molar-refractivity contribution >= 4 is 11.6 Å². The van der Waals surface area contributed by atoms with Crippen molar-refractivity contribution in [3.8, 4) is 5.75 Å². The number of aliphatic hydroxyl groups is 1. The highest BCUT2D eigenvalue weighted by atomic mass is 16.3. The van der Waals surface area contributed by atoms with E-state index in [2.05, 4.69) is 5.32 Å². The maximum Gasteiger partial charge on any atom is 0.221 e. The number of benzene rings is 1. The quantitative estimate of drug-likeness (QED) is 0.625. The molecule has 1 amide bonds. The Balaban J connectivity index is 2.95. The lowest BCUT2D eigenvalue weighted by molar-refractivity contribution is -0.114. The van der Waals surface area contributed by atoms with Gasteiger partial charge in [0.15, 0.2) is 0 Å². The van der Waals surface area contributed by atoms with Crippen molar-refractivity contribution in [3.63, 3.8) is 0 Å². The van der Waals surface area contributed by atoms with E-state index in [1.165, 1.54) is 13.0 Å². The lowest BCUT2D eigenvalue weighted by atomic mass is 10.1. The van der Waals surface area contributed by atoms with Crippen molar-refractivity contribution in [1.29, 1.82) is 0 Å². The number of aliphatic hydroxyl groups excluding tert-OH is 1. The topological polar surface area (TPSA) is 69.6 Å². The molecule has 0 spiro atoms. The largest absolute Gasteiger partial charge is 0.506 e. The maximum absolute atomic E-state index is 10.7. The predicted octanol–water partition coefficient (Wildman–Crippen LogP) is 1.40. The monoisotopic (exact) mass is 195 g/mol. The minimum Gasteiger partial charge on any atom is -0.506 e. The summed E-state index contributed by atoms with van der Waals surface area (Å²) in [6, 6.07) is 4.63. The zero-order chi connectivity index (χ0) is 10.7. The molecule has 1 atom stereocenters. The Bertz CT molecular complexity index is 347. The third-order valence-electron chi connectivity index (χ3n) is 1.81. The van der Waals surface area contributed by atoms with E-state index in [0.29, 0.717) is 11.3 Å². The third-order valence-corrected chi connectivity index (χ3v) is 1.81. The molecule has 1 aromatic carbocycles. The first-order valence-electron chi connectivity index (χ1n) is 4.29. The molecule has 0 radical (unpaired) electrons. The van der Waals surface area contributed by atoms with E-state index in [-0.39, 0.29) is 11.7 Å². The summed E-state index contributed by atoms with van der Waals surface area (Å²) in [7, 11) is 0. The number of hydrogen-bond donors (Lipinski definition) is 3. The molecule has 1 rings (SSSR count). The second-order valence-electron chi connectivity index (χ2n) is 3.13. The fraction of sp³-hybridized carbons (Fsp3) is 0.300. The van der Waals surface area contributed by atoms with E-state index in [1.807, 2.05) is 0 Å². The fourth-order valence-electron chi connectivity index (χ4n) is 1.10. The van der Waals surface area contributed by atoms with Crippen LogP contribution in [0.3, 0.4) is 0 Å². The van der Waals surface area contributed by atoms with Crippen molar-refractivity contribution in [2.75, 3.05) is 5.32 Å². The molecular weight excluding hydrogens is 182 g/mol. The summed E-state index contributed by atoms with van der Waals surface area (Å²) in [6.07, 6.45) is -0.632. The van der Waals surface area contributed by atoms with Crippen LogP contribution in [0.15, 0.2) is 18.2 Å². The first-order valence-corrected chi connectivity index (χ1v) is 4.29. The number of anilines is 1. The number of amides is 1. The van der Waals surface area contributed by atoms with Gasteiger partial charge in [-0.1, -0.05) is 6.07 Å². The Kier molecular flexibility index (Phi) is 3.09. The molecule has 0 heterocycles. The van der Waals surface area contributed by atoms with Crippen LogP contribution in [0.25, 0.3) is 0 Å². The zero-order valence-corrected chi connectivity index (χ0v) is 8.11. The average molecular weight is 195 g/mol. The van der Waals surface area contributed by atoms with Gasteiger partial charge in [0.05, 0.1) is 11.8 Å². The van der Waals surface area contributed by atoms with E-state index in [9.17, 15) is 15.0 Å². The van der Waals surface area contributed by atoms with Gasteiger partial charge in [-0.05, 0) is 24.6 Å². The summed E-state index contributed by atoms with van der Waals surface area (Å²) in [5.74, 6) is -0.288. The number of phenols is 1. The first-order chi connectivity index (χ1) is 6.50. The fourth-order valence-corrected chi connectivity index (χ4v) is 1.10. The van der Waals surface area contributed by atoms with Crippen LogP contribution in [0.1, 0.15) is 25.5 Å². The molecule has 0 saturated heterocycles. The van der Waals surface area contributed by atoms with Gasteiger partial charge in [0.2, 0.25) is 5.91 Å². The van der Waals surface area contributed by atoms with Crippen molar-refractivity contribution in [3.05, 3.63) is 23.8 Å². The number of phenolic OH excluding ortho intramolecular Hbond substituents is 1. The van der Waals surface area contributed by atoms with Gasteiger partial charge in [0.1, 0.15) is 5.75 Å². The molecule has 3 N–H and O–H groups in total. The summed E-state index contributed by atoms with van der Waals surface area (Å²) in [6.45, 7) is 2.97. The number of rotatable bonds is 2. The standard InChI is InChI=1S/C10H13NO3/c1-6(12)8-3-4-9(10(14)5-8)11-7(2)13/h3-6,12,14H,1-2H3,(H,11,13). The lowest BCUT2D eigenvalue weighted by Gasteiger charge is -2.09. The Hall–Kier alpha value is -1.55. The van der Waals surface area contributed by atoms with Gasteiger partial charge in [0.25, 0.3) is 0 Å². The number of hydrogen-bond acceptors (Lipinski definition) is 3. The Morgan fingerprint density at radius 2 is 2.14 bits per heavy atom. The second kappa shape index (κ2) is 4.11. The van der Waals surface area contributed by atoms with Crippen LogP contribution < -0.4 is 5.32 Å². The smallest absolute Gasteiger partial charge is 0.221 e. The molecule has 0 aliphatic carbocycles. The Morgan fingerprint density at radius 1 is 1.50 bits per heavy atom. The molecule has 0 saturated carbocycles. The molecular formula is C10H13NO3. The molecule has 0 bridgehead atoms. The maximum atomic E-state index is 10.7. The highest BCUT2D eigenvalue weighted by molar-refractivity contribution is 5.90. The number of aromatic hydroxyl groups is 1. The number of carbonyl (C=O) groups excluding carboxylic acids is 1. The van der Waals surface area contributed by atoms with Crippen molar-refractivity contribution in [2.45, 2.75) is 20.0 Å². The van der Waals surface area contributed by atoms with E-state index in [1.54, 1.807) is 19.1 Å². The normalized spacial score (nSPS) is 12.2. The van der Waals surface area contributed by atoms with Crippen LogP contribution in [-0.4, -0.2) is 16.1 Å². The van der Waals surface area contributed by atoms with Crippen LogP contribution in [0.4, 0.5) is 5.69 Å². The van der Waals surface area contributed by atoms with Crippen LogP contribution >= 0.6 is 0 Å². The van der Waals surface area contributed by atoms with Gasteiger partial charge in [-0.25, -0.2) is 0 Å². The third kappa shape index (κ3) is 2.47. The highest BCUT2D eigenvalue weighted by Gasteiger charge is 2.06. The van der Waals surface area contributed by atoms with E-state index in [0.717, 1.165) is 0 Å². The molecule has 1 unspecified atom stereocenters. The number of nitrogens with one attached hydrogen (secondary N) is 1. The Morgan fingerprint density at radius 3 is 2.57 bits per heavy atom. The molecule has 76 valence electrons. The zero-order valence-electron chi connectivity index (χ0n) is 8.11. The van der Waals surface area contributed by atoms with Gasteiger partial charge in [0, 0.05) is 6.92 Å². The molecule has 0 aromatic heterocycles. The van der Waals surface area contributed by atoms with E-state index < -0.39 is 6.10 Å². The Labute approximate surface area is 82.2 Å². The van der Waals surface area contributed by atoms with Crippen LogP contribution in [-0.2, 0) is 4.79 Å². The molecule has 14 heavy (non-hydrogen) atoms. The van der Waals surface area contributed by atoms with Gasteiger partial charge in [-0.2, -0.15) is 0 Å². The van der Waals surface area contributed by atoms with Gasteiger partial charge < -0.3 is 15.5 Å². The summed E-state index contributed by atoms with van der Waals surface area (Å²) in [5.41, 5.74) is 0.957.